The first-order chi connectivity index (χ1) is 9.11. The van der Waals surface area contributed by atoms with E-state index in [0.29, 0.717) is 5.82 Å². The SMILES string of the molecule is CC(Nc1ncc([N+](=O)[O-])cc1C#N)c1nn[nH]n1. The van der Waals surface area contributed by atoms with Crippen molar-refractivity contribution in [2.75, 3.05) is 5.32 Å². The third-order valence-electron chi connectivity index (χ3n) is 2.31. The van der Waals surface area contributed by atoms with Gasteiger partial charge in [-0.3, -0.25) is 10.1 Å². The summed E-state index contributed by atoms with van der Waals surface area (Å²) in [5.41, 5.74) is -0.168. The second-order valence-electron chi connectivity index (χ2n) is 3.59. The number of H-pyrrole nitrogens is 1. The normalized spacial score (nSPS) is 11.6. The van der Waals surface area contributed by atoms with Gasteiger partial charge >= 0.3 is 0 Å². The Hall–Kier alpha value is -3.09. The number of nitro groups is 1. The number of nitrogens with zero attached hydrogens (tertiary/aromatic N) is 6. The van der Waals surface area contributed by atoms with Gasteiger partial charge in [-0.1, -0.05) is 5.21 Å². The molecule has 2 N–H and O–H groups in total. The van der Waals surface area contributed by atoms with Crippen LogP contribution in [0.25, 0.3) is 0 Å². The molecule has 0 radical (unpaired) electrons. The van der Waals surface area contributed by atoms with E-state index in [2.05, 4.69) is 30.9 Å². The Morgan fingerprint density at radius 1 is 1.63 bits per heavy atom. The first-order valence-corrected chi connectivity index (χ1v) is 5.16. The van der Waals surface area contributed by atoms with E-state index >= 15 is 0 Å². The van der Waals surface area contributed by atoms with Crippen LogP contribution in [0.15, 0.2) is 12.3 Å². The van der Waals surface area contributed by atoms with Crippen LogP contribution in [-0.4, -0.2) is 30.5 Å². The zero-order chi connectivity index (χ0) is 13.8. The fourth-order valence-electron chi connectivity index (χ4n) is 1.38. The van der Waals surface area contributed by atoms with Gasteiger partial charge in [-0.2, -0.15) is 10.5 Å². The first kappa shape index (κ1) is 12.4. The van der Waals surface area contributed by atoms with E-state index < -0.39 is 4.92 Å². The lowest BCUT2D eigenvalue weighted by molar-refractivity contribution is -0.385. The van der Waals surface area contributed by atoms with Gasteiger partial charge in [0.05, 0.1) is 11.0 Å². The van der Waals surface area contributed by atoms with E-state index in [9.17, 15) is 10.1 Å². The molecule has 0 amide bonds. The predicted molar refractivity (Wildman–Crippen MR) is 61.8 cm³/mol. The minimum Gasteiger partial charge on any atom is -0.359 e. The van der Waals surface area contributed by atoms with Crippen molar-refractivity contribution in [1.82, 2.24) is 25.6 Å². The Balaban J connectivity index is 2.26. The van der Waals surface area contributed by atoms with Crippen LogP contribution in [0.5, 0.6) is 0 Å². The van der Waals surface area contributed by atoms with E-state index in [0.717, 1.165) is 12.3 Å². The van der Waals surface area contributed by atoms with Crippen molar-refractivity contribution in [3.63, 3.8) is 0 Å². The maximum Gasteiger partial charge on any atom is 0.289 e. The molecule has 1 unspecified atom stereocenters. The third kappa shape index (κ3) is 2.60. The third-order valence-corrected chi connectivity index (χ3v) is 2.31. The summed E-state index contributed by atoms with van der Waals surface area (Å²) in [5.74, 6) is 0.620. The van der Waals surface area contributed by atoms with Gasteiger partial charge in [0.1, 0.15) is 23.6 Å². The van der Waals surface area contributed by atoms with E-state index in [1.54, 1.807) is 6.92 Å². The van der Waals surface area contributed by atoms with Crippen LogP contribution in [0.1, 0.15) is 24.4 Å². The molecule has 96 valence electrons. The highest BCUT2D eigenvalue weighted by molar-refractivity contribution is 5.56. The monoisotopic (exact) mass is 260 g/mol. The van der Waals surface area contributed by atoms with Crippen molar-refractivity contribution in [2.24, 2.45) is 0 Å². The fraction of sp³-hybridized carbons (Fsp3) is 0.222. The number of anilines is 1. The Morgan fingerprint density at radius 3 is 3.00 bits per heavy atom. The highest BCUT2D eigenvalue weighted by Gasteiger charge is 2.16. The van der Waals surface area contributed by atoms with Crippen LogP contribution >= 0.6 is 0 Å². The second kappa shape index (κ2) is 5.05. The van der Waals surface area contributed by atoms with Crippen molar-refractivity contribution in [3.8, 4) is 6.07 Å². The predicted octanol–water partition coefficient (Wildman–Crippen LogP) is 0.548. The molecule has 2 aromatic rings. The van der Waals surface area contributed by atoms with E-state index in [1.807, 2.05) is 6.07 Å². The molecule has 10 heteroatoms. The number of aromatic amines is 1. The minimum atomic E-state index is -0.611. The summed E-state index contributed by atoms with van der Waals surface area (Å²) >= 11 is 0. The maximum absolute atomic E-state index is 10.6. The van der Waals surface area contributed by atoms with Crippen LogP contribution in [0, 0.1) is 21.4 Å². The molecular weight excluding hydrogens is 252 g/mol. The lowest BCUT2D eigenvalue weighted by Gasteiger charge is -2.11. The van der Waals surface area contributed by atoms with Crippen molar-refractivity contribution in [1.29, 1.82) is 5.26 Å². The van der Waals surface area contributed by atoms with E-state index in [4.69, 9.17) is 5.26 Å². The summed E-state index contributed by atoms with van der Waals surface area (Å²) in [6, 6.07) is 2.65. The van der Waals surface area contributed by atoms with Gasteiger partial charge in [0.2, 0.25) is 0 Å². The average Bonchev–Trinajstić information content (AvgIpc) is 2.92. The summed E-state index contributed by atoms with van der Waals surface area (Å²) in [7, 11) is 0. The smallest absolute Gasteiger partial charge is 0.289 e. The van der Waals surface area contributed by atoms with Crippen molar-refractivity contribution in [3.05, 3.63) is 33.8 Å². The Labute approximate surface area is 106 Å². The molecule has 19 heavy (non-hydrogen) atoms. The van der Waals surface area contributed by atoms with E-state index in [-0.39, 0.29) is 23.1 Å². The molecule has 0 spiro atoms. The van der Waals surface area contributed by atoms with Crippen molar-refractivity contribution in [2.45, 2.75) is 13.0 Å². The number of nitrogens with one attached hydrogen (secondary N) is 2. The molecule has 2 heterocycles. The van der Waals surface area contributed by atoms with Crippen LogP contribution in [0.3, 0.4) is 0 Å². The molecule has 2 rings (SSSR count). The number of nitriles is 1. The maximum atomic E-state index is 10.6. The molecule has 2 aromatic heterocycles. The highest BCUT2D eigenvalue weighted by Crippen LogP contribution is 2.21. The molecule has 0 saturated carbocycles. The van der Waals surface area contributed by atoms with Gasteiger partial charge in [-0.25, -0.2) is 4.98 Å². The molecule has 0 saturated heterocycles. The summed E-state index contributed by atoms with van der Waals surface area (Å²) < 4.78 is 0. The summed E-state index contributed by atoms with van der Waals surface area (Å²) in [5, 5.41) is 35.7. The largest absolute Gasteiger partial charge is 0.359 e. The van der Waals surface area contributed by atoms with Gasteiger partial charge in [0.15, 0.2) is 5.82 Å². The Kier molecular flexibility index (Phi) is 3.29. The number of hydrogen-bond acceptors (Lipinski definition) is 8. The fourth-order valence-corrected chi connectivity index (χ4v) is 1.38. The Bertz CT molecular complexity index is 632. The van der Waals surface area contributed by atoms with Gasteiger partial charge in [-0.15, -0.1) is 10.2 Å². The topological polar surface area (TPSA) is 146 Å². The van der Waals surface area contributed by atoms with Crippen LogP contribution in [0.4, 0.5) is 11.5 Å². The molecule has 0 bridgehead atoms. The number of rotatable bonds is 4. The van der Waals surface area contributed by atoms with Crippen LogP contribution in [0.2, 0.25) is 0 Å². The number of pyridine rings is 1. The van der Waals surface area contributed by atoms with Gasteiger partial charge in [-0.05, 0) is 6.92 Å². The molecule has 0 aromatic carbocycles. The van der Waals surface area contributed by atoms with Crippen LogP contribution < -0.4 is 5.32 Å². The molecular formula is C9H8N8O2. The number of aromatic nitrogens is 5. The quantitative estimate of drug-likeness (QED) is 0.598. The summed E-state index contributed by atoms with van der Waals surface area (Å²) in [6.45, 7) is 1.75. The molecule has 1 atom stereocenters. The lowest BCUT2D eigenvalue weighted by Crippen LogP contribution is -2.11. The summed E-state index contributed by atoms with van der Waals surface area (Å²) in [6.07, 6.45) is 1.08. The van der Waals surface area contributed by atoms with Gasteiger partial charge in [0.25, 0.3) is 5.69 Å². The van der Waals surface area contributed by atoms with Gasteiger partial charge < -0.3 is 5.32 Å². The zero-order valence-corrected chi connectivity index (χ0v) is 9.73. The van der Waals surface area contributed by atoms with Gasteiger partial charge in [0, 0.05) is 6.07 Å². The number of tetrazole rings is 1. The highest BCUT2D eigenvalue weighted by atomic mass is 16.6. The molecule has 0 fully saturated rings. The lowest BCUT2D eigenvalue weighted by atomic mass is 10.2. The Morgan fingerprint density at radius 2 is 2.42 bits per heavy atom. The minimum absolute atomic E-state index is 0.0737. The second-order valence-corrected chi connectivity index (χ2v) is 3.59. The van der Waals surface area contributed by atoms with Crippen molar-refractivity contribution >= 4 is 11.5 Å². The number of hydrogen-bond donors (Lipinski definition) is 2. The summed E-state index contributed by atoms with van der Waals surface area (Å²) in [4.78, 5) is 13.8. The first-order valence-electron chi connectivity index (χ1n) is 5.16. The standard InChI is InChI=1S/C9H8N8O2/c1-5(8-13-15-16-14-8)12-9-6(3-10)2-7(4-11-9)17(18)19/h2,4-5H,1H3,(H,11,12)(H,13,14,15,16). The molecule has 0 aliphatic heterocycles. The van der Waals surface area contributed by atoms with Crippen LogP contribution in [-0.2, 0) is 0 Å². The van der Waals surface area contributed by atoms with E-state index in [1.165, 1.54) is 0 Å². The van der Waals surface area contributed by atoms with Crippen molar-refractivity contribution < 1.29 is 4.92 Å². The average molecular weight is 260 g/mol. The molecule has 0 aliphatic carbocycles. The molecule has 10 nitrogen and oxygen atoms in total. The molecule has 0 aliphatic rings. The zero-order valence-electron chi connectivity index (χ0n) is 9.73.